The van der Waals surface area contributed by atoms with Gasteiger partial charge in [-0.3, -0.25) is 4.79 Å². The Morgan fingerprint density at radius 3 is 3.05 bits per heavy atom. The lowest BCUT2D eigenvalue weighted by molar-refractivity contribution is -0.126. The summed E-state index contributed by atoms with van der Waals surface area (Å²) in [6.45, 7) is 3.89. The van der Waals surface area contributed by atoms with Crippen LogP contribution in [-0.4, -0.2) is 19.0 Å². The molecule has 0 bridgehead atoms. The first kappa shape index (κ1) is 14.4. The molecule has 1 saturated heterocycles. The molecule has 104 valence electrons. The summed E-state index contributed by atoms with van der Waals surface area (Å²) in [6, 6.07) is 7.77. The number of piperidine rings is 1. The number of amides is 1. The fraction of sp³-hybridized carbons (Fsp3) is 0.533. The number of carbonyl (C=O) groups excluding carboxylic acids is 1. The normalized spacial score (nSPS) is 20.8. The molecule has 0 spiro atoms. The molecule has 2 rings (SSSR count). The minimum absolute atomic E-state index is 0.0492. The molecule has 1 aliphatic rings. The maximum absolute atomic E-state index is 12.2. The Balaban J connectivity index is 2.00. The highest BCUT2D eigenvalue weighted by Crippen LogP contribution is 2.21. The molecule has 0 radical (unpaired) electrons. The second kappa shape index (κ2) is 6.92. The Morgan fingerprint density at radius 2 is 2.42 bits per heavy atom. The fourth-order valence-electron chi connectivity index (χ4n) is 2.51. The van der Waals surface area contributed by atoms with E-state index in [0.29, 0.717) is 5.02 Å². The zero-order valence-corrected chi connectivity index (χ0v) is 12.0. The molecule has 0 saturated carbocycles. The minimum atomic E-state index is 0.0492. The van der Waals surface area contributed by atoms with Gasteiger partial charge < -0.3 is 10.6 Å². The summed E-state index contributed by atoms with van der Waals surface area (Å²) in [4.78, 5) is 12.2. The summed E-state index contributed by atoms with van der Waals surface area (Å²) in [5.74, 6) is 0.251. The second-order valence-corrected chi connectivity index (χ2v) is 5.50. The second-order valence-electron chi connectivity index (χ2n) is 5.07. The van der Waals surface area contributed by atoms with E-state index in [0.717, 1.165) is 37.9 Å². The molecule has 1 unspecified atom stereocenters. The topological polar surface area (TPSA) is 41.1 Å². The van der Waals surface area contributed by atoms with Crippen molar-refractivity contribution < 1.29 is 4.79 Å². The van der Waals surface area contributed by atoms with Crippen LogP contribution in [0.3, 0.4) is 0 Å². The zero-order chi connectivity index (χ0) is 13.7. The summed E-state index contributed by atoms with van der Waals surface area (Å²) >= 11 is 6.01. The summed E-state index contributed by atoms with van der Waals surface area (Å²) in [6.07, 6.45) is 2.92. The highest BCUT2D eigenvalue weighted by atomic mass is 35.5. The van der Waals surface area contributed by atoms with Crippen molar-refractivity contribution in [1.29, 1.82) is 0 Å². The molecule has 0 aliphatic carbocycles. The monoisotopic (exact) mass is 280 g/mol. The standard InChI is InChI=1S/C15H21ClN2O/c1-2-14(11-5-3-7-13(16)9-11)18-15(19)12-6-4-8-17-10-12/h3,5,7,9,12,14,17H,2,4,6,8,10H2,1H3,(H,18,19)/t12-,14?/m0/s1. The van der Waals surface area contributed by atoms with E-state index in [1.165, 1.54) is 0 Å². The molecule has 4 heteroatoms. The Morgan fingerprint density at radius 1 is 1.58 bits per heavy atom. The number of hydrogen-bond acceptors (Lipinski definition) is 2. The van der Waals surface area contributed by atoms with Gasteiger partial charge in [0.15, 0.2) is 0 Å². The van der Waals surface area contributed by atoms with Gasteiger partial charge >= 0.3 is 0 Å². The van der Waals surface area contributed by atoms with E-state index in [2.05, 4.69) is 17.6 Å². The lowest BCUT2D eigenvalue weighted by Gasteiger charge is -2.25. The number of benzene rings is 1. The van der Waals surface area contributed by atoms with Crippen molar-refractivity contribution in [2.24, 2.45) is 5.92 Å². The number of nitrogens with one attached hydrogen (secondary N) is 2. The van der Waals surface area contributed by atoms with Crippen LogP contribution < -0.4 is 10.6 Å². The van der Waals surface area contributed by atoms with Gasteiger partial charge in [0, 0.05) is 11.6 Å². The summed E-state index contributed by atoms with van der Waals surface area (Å²) in [5, 5.41) is 7.13. The van der Waals surface area contributed by atoms with E-state index >= 15 is 0 Å². The predicted octanol–water partition coefficient (Wildman–Crippen LogP) is 2.91. The molecule has 1 fully saturated rings. The van der Waals surface area contributed by atoms with Crippen LogP contribution in [0, 0.1) is 5.92 Å². The van der Waals surface area contributed by atoms with Crippen LogP contribution in [0.5, 0.6) is 0 Å². The number of hydrogen-bond donors (Lipinski definition) is 2. The largest absolute Gasteiger partial charge is 0.349 e. The van der Waals surface area contributed by atoms with Crippen molar-refractivity contribution in [3.05, 3.63) is 34.9 Å². The van der Waals surface area contributed by atoms with Crippen molar-refractivity contribution in [2.45, 2.75) is 32.2 Å². The first-order valence-electron chi connectivity index (χ1n) is 6.97. The van der Waals surface area contributed by atoms with Crippen LogP contribution in [0.4, 0.5) is 0 Å². The van der Waals surface area contributed by atoms with Gasteiger partial charge in [-0.2, -0.15) is 0 Å². The zero-order valence-electron chi connectivity index (χ0n) is 11.3. The molecule has 3 nitrogen and oxygen atoms in total. The van der Waals surface area contributed by atoms with Crippen molar-refractivity contribution in [1.82, 2.24) is 10.6 Å². The van der Waals surface area contributed by atoms with Gasteiger partial charge in [-0.25, -0.2) is 0 Å². The van der Waals surface area contributed by atoms with E-state index < -0.39 is 0 Å². The summed E-state index contributed by atoms with van der Waals surface area (Å²) in [5.41, 5.74) is 1.08. The molecular formula is C15H21ClN2O. The number of carbonyl (C=O) groups is 1. The molecule has 19 heavy (non-hydrogen) atoms. The van der Waals surface area contributed by atoms with Crippen molar-refractivity contribution in [3.63, 3.8) is 0 Å². The van der Waals surface area contributed by atoms with Gasteiger partial charge in [-0.05, 0) is 43.5 Å². The van der Waals surface area contributed by atoms with E-state index in [1.807, 2.05) is 24.3 Å². The maximum Gasteiger partial charge on any atom is 0.224 e. The Kier molecular flexibility index (Phi) is 5.23. The molecule has 1 heterocycles. The Labute approximate surface area is 119 Å². The molecule has 1 aromatic carbocycles. The molecule has 1 aromatic rings. The molecule has 2 N–H and O–H groups in total. The van der Waals surface area contributed by atoms with Crippen LogP contribution in [-0.2, 0) is 4.79 Å². The highest BCUT2D eigenvalue weighted by Gasteiger charge is 2.23. The third-order valence-electron chi connectivity index (χ3n) is 3.64. The van der Waals surface area contributed by atoms with Crippen LogP contribution in [0.15, 0.2) is 24.3 Å². The highest BCUT2D eigenvalue weighted by molar-refractivity contribution is 6.30. The fourth-order valence-corrected chi connectivity index (χ4v) is 2.71. The van der Waals surface area contributed by atoms with Crippen molar-refractivity contribution in [3.8, 4) is 0 Å². The van der Waals surface area contributed by atoms with Crippen molar-refractivity contribution in [2.75, 3.05) is 13.1 Å². The van der Waals surface area contributed by atoms with E-state index in [9.17, 15) is 4.79 Å². The Bertz CT molecular complexity index is 430. The van der Waals surface area contributed by atoms with Gasteiger partial charge in [0.05, 0.1) is 12.0 Å². The first-order valence-corrected chi connectivity index (χ1v) is 7.35. The van der Waals surface area contributed by atoms with Gasteiger partial charge in [0.2, 0.25) is 5.91 Å². The van der Waals surface area contributed by atoms with Gasteiger partial charge in [-0.1, -0.05) is 30.7 Å². The number of halogens is 1. The molecule has 1 amide bonds. The molecule has 1 aliphatic heterocycles. The van der Waals surface area contributed by atoms with Gasteiger partial charge in [-0.15, -0.1) is 0 Å². The SMILES string of the molecule is CCC(NC(=O)[C@H]1CCCNC1)c1cccc(Cl)c1. The minimum Gasteiger partial charge on any atom is -0.349 e. The molecule has 2 atom stereocenters. The quantitative estimate of drug-likeness (QED) is 0.890. The smallest absolute Gasteiger partial charge is 0.224 e. The van der Waals surface area contributed by atoms with E-state index in [-0.39, 0.29) is 17.9 Å². The average Bonchev–Trinajstić information content (AvgIpc) is 2.45. The van der Waals surface area contributed by atoms with Crippen LogP contribution in [0.1, 0.15) is 37.8 Å². The average molecular weight is 281 g/mol. The van der Waals surface area contributed by atoms with Gasteiger partial charge in [0.1, 0.15) is 0 Å². The summed E-state index contributed by atoms with van der Waals surface area (Å²) < 4.78 is 0. The number of rotatable bonds is 4. The predicted molar refractivity (Wildman–Crippen MR) is 78.2 cm³/mol. The van der Waals surface area contributed by atoms with Crippen molar-refractivity contribution >= 4 is 17.5 Å². The van der Waals surface area contributed by atoms with E-state index in [4.69, 9.17) is 11.6 Å². The molecular weight excluding hydrogens is 260 g/mol. The first-order chi connectivity index (χ1) is 9.20. The van der Waals surface area contributed by atoms with Gasteiger partial charge in [0.25, 0.3) is 0 Å². The van der Waals surface area contributed by atoms with E-state index in [1.54, 1.807) is 0 Å². The lowest BCUT2D eigenvalue weighted by atomic mass is 9.97. The Hall–Kier alpha value is -1.06. The third kappa shape index (κ3) is 3.95. The van der Waals surface area contributed by atoms with Crippen LogP contribution >= 0.6 is 11.6 Å². The third-order valence-corrected chi connectivity index (χ3v) is 3.88. The molecule has 0 aromatic heterocycles. The summed E-state index contributed by atoms with van der Waals surface area (Å²) in [7, 11) is 0. The maximum atomic E-state index is 12.2. The lowest BCUT2D eigenvalue weighted by Crippen LogP contribution is -2.41. The van der Waals surface area contributed by atoms with Crippen LogP contribution in [0.25, 0.3) is 0 Å². The van der Waals surface area contributed by atoms with Crippen LogP contribution in [0.2, 0.25) is 5.02 Å².